The molecule has 0 spiro atoms. The molecule has 0 rings (SSSR count). The molecule has 0 bridgehead atoms. The quantitative estimate of drug-likeness (QED) is 0.0261. The van der Waals surface area contributed by atoms with Crippen molar-refractivity contribution in [2.45, 2.75) is 354 Å². The summed E-state index contributed by atoms with van der Waals surface area (Å²) in [6.45, 7) is 6.64. The molecule has 0 amide bonds. The first-order valence-electron chi connectivity index (χ1n) is 31.3. The van der Waals surface area contributed by atoms with Crippen molar-refractivity contribution < 1.29 is 28.6 Å². The van der Waals surface area contributed by atoms with Gasteiger partial charge in [0.25, 0.3) is 0 Å². The van der Waals surface area contributed by atoms with E-state index in [1.165, 1.54) is 238 Å². The van der Waals surface area contributed by atoms with Crippen LogP contribution in [-0.2, 0) is 28.6 Å². The molecule has 0 aromatic rings. The first-order chi connectivity index (χ1) is 34.5. The maximum atomic E-state index is 12.8. The number of esters is 3. The van der Waals surface area contributed by atoms with Crippen LogP contribution in [0.25, 0.3) is 0 Å². The molecule has 0 N–H and O–H groups in total. The lowest BCUT2D eigenvalue weighted by atomic mass is 10.0. The second-order valence-corrected chi connectivity index (χ2v) is 21.3. The summed E-state index contributed by atoms with van der Waals surface area (Å²) in [6.07, 6.45) is 70.6. The van der Waals surface area contributed by atoms with Crippen LogP contribution in [0.3, 0.4) is 0 Å². The predicted octanol–water partition coefficient (Wildman–Crippen LogP) is 21.1. The molecule has 0 saturated heterocycles. The minimum Gasteiger partial charge on any atom is -0.462 e. The van der Waals surface area contributed by atoms with Gasteiger partial charge in [0.1, 0.15) is 13.2 Å². The number of ether oxygens (including phenoxy) is 3. The Hall–Kier alpha value is -2.11. The van der Waals surface area contributed by atoms with E-state index in [-0.39, 0.29) is 31.1 Å². The Kier molecular flexibility index (Phi) is 57.7. The van der Waals surface area contributed by atoms with Gasteiger partial charge < -0.3 is 14.2 Å². The van der Waals surface area contributed by atoms with Gasteiger partial charge in [-0.05, 0) is 70.6 Å². The van der Waals surface area contributed by atoms with Crippen molar-refractivity contribution >= 4 is 17.9 Å². The first kappa shape index (κ1) is 67.9. The lowest BCUT2D eigenvalue weighted by Gasteiger charge is -2.18. The maximum absolute atomic E-state index is 12.8. The molecule has 0 aromatic heterocycles. The van der Waals surface area contributed by atoms with Crippen LogP contribution in [0.2, 0.25) is 0 Å². The van der Waals surface area contributed by atoms with Gasteiger partial charge in [-0.25, -0.2) is 0 Å². The number of hydrogen-bond donors (Lipinski definition) is 0. The normalized spacial score (nSPS) is 12.1. The summed E-state index contributed by atoms with van der Waals surface area (Å²) < 4.78 is 16.9. The van der Waals surface area contributed by atoms with Gasteiger partial charge in [0.2, 0.25) is 0 Å². The summed E-state index contributed by atoms with van der Waals surface area (Å²) in [7, 11) is 0. The summed E-state index contributed by atoms with van der Waals surface area (Å²) in [5, 5.41) is 0. The summed E-state index contributed by atoms with van der Waals surface area (Å²) in [6, 6.07) is 0. The molecular formula is C64H120O6. The van der Waals surface area contributed by atoms with E-state index in [0.717, 1.165) is 70.6 Å². The van der Waals surface area contributed by atoms with Gasteiger partial charge in [0.05, 0.1) is 0 Å². The topological polar surface area (TPSA) is 78.9 Å². The van der Waals surface area contributed by atoms with Gasteiger partial charge in [-0.3, -0.25) is 14.4 Å². The molecular weight excluding hydrogens is 865 g/mol. The second kappa shape index (κ2) is 59.5. The van der Waals surface area contributed by atoms with Crippen LogP contribution < -0.4 is 0 Å². The standard InChI is InChI=1S/C64H120O6/c1-4-7-10-13-16-19-22-25-26-27-28-29-30-31-32-33-34-35-36-37-38-40-42-45-48-51-54-57-63(66)69-60-61(59-68-62(65)56-53-50-47-44-41-24-21-18-15-12-9-6-3)70-64(67)58-55-52-49-46-43-39-23-20-17-14-11-8-5-2/h18,20-21,23,61H,4-17,19,22,24-60H2,1-3H3/b21-18-,23-20-. The predicted molar refractivity (Wildman–Crippen MR) is 303 cm³/mol. The Balaban J connectivity index is 4.13. The molecule has 0 aliphatic carbocycles. The van der Waals surface area contributed by atoms with Crippen LogP contribution in [0.15, 0.2) is 24.3 Å². The van der Waals surface area contributed by atoms with Crippen molar-refractivity contribution in [1.82, 2.24) is 0 Å². The molecule has 0 fully saturated rings. The Morgan fingerprint density at radius 2 is 0.471 bits per heavy atom. The van der Waals surface area contributed by atoms with Crippen LogP contribution >= 0.6 is 0 Å². The molecule has 70 heavy (non-hydrogen) atoms. The van der Waals surface area contributed by atoms with Crippen molar-refractivity contribution in [3.8, 4) is 0 Å². The average Bonchev–Trinajstić information content (AvgIpc) is 3.36. The van der Waals surface area contributed by atoms with Crippen molar-refractivity contribution in [2.75, 3.05) is 13.2 Å². The number of hydrogen-bond acceptors (Lipinski definition) is 6. The van der Waals surface area contributed by atoms with Gasteiger partial charge in [0, 0.05) is 19.3 Å². The zero-order valence-corrected chi connectivity index (χ0v) is 47.3. The van der Waals surface area contributed by atoms with Crippen LogP contribution in [0.1, 0.15) is 348 Å². The summed E-state index contributed by atoms with van der Waals surface area (Å²) in [4.78, 5) is 38.1. The lowest BCUT2D eigenvalue weighted by molar-refractivity contribution is -0.167. The number of allylic oxidation sites excluding steroid dienone is 4. The smallest absolute Gasteiger partial charge is 0.306 e. The molecule has 6 nitrogen and oxygen atoms in total. The van der Waals surface area contributed by atoms with Gasteiger partial charge in [-0.1, -0.05) is 283 Å². The third-order valence-electron chi connectivity index (χ3n) is 14.2. The SMILES string of the molecule is CCCCC/C=C\CCCCCCCC(=O)OCC(COC(=O)CCCCCCCCCCCCCCCCCCCCCCCCCCCCC)OC(=O)CCCCCCC/C=C\CCCCCC. The van der Waals surface area contributed by atoms with Crippen LogP contribution in [-0.4, -0.2) is 37.2 Å². The highest BCUT2D eigenvalue weighted by Gasteiger charge is 2.19. The van der Waals surface area contributed by atoms with Gasteiger partial charge >= 0.3 is 17.9 Å². The van der Waals surface area contributed by atoms with E-state index in [0.29, 0.717) is 19.3 Å². The van der Waals surface area contributed by atoms with Crippen LogP contribution in [0, 0.1) is 0 Å². The summed E-state index contributed by atoms with van der Waals surface area (Å²) in [5.41, 5.74) is 0. The maximum Gasteiger partial charge on any atom is 0.306 e. The second-order valence-electron chi connectivity index (χ2n) is 21.3. The summed E-state index contributed by atoms with van der Waals surface area (Å²) >= 11 is 0. The third kappa shape index (κ3) is 56.8. The highest BCUT2D eigenvalue weighted by atomic mass is 16.6. The Labute approximate surface area is 436 Å². The number of rotatable bonds is 58. The first-order valence-corrected chi connectivity index (χ1v) is 31.3. The van der Waals surface area contributed by atoms with Crippen molar-refractivity contribution in [1.29, 1.82) is 0 Å². The van der Waals surface area contributed by atoms with E-state index in [2.05, 4.69) is 45.1 Å². The van der Waals surface area contributed by atoms with E-state index < -0.39 is 6.10 Å². The largest absolute Gasteiger partial charge is 0.462 e. The van der Waals surface area contributed by atoms with E-state index in [1.807, 2.05) is 0 Å². The number of unbranched alkanes of at least 4 members (excludes halogenated alkanes) is 43. The van der Waals surface area contributed by atoms with Crippen LogP contribution in [0.5, 0.6) is 0 Å². The molecule has 6 heteroatoms. The zero-order valence-electron chi connectivity index (χ0n) is 47.3. The molecule has 0 aliphatic rings. The fourth-order valence-corrected chi connectivity index (χ4v) is 9.44. The van der Waals surface area contributed by atoms with E-state index in [4.69, 9.17) is 14.2 Å². The molecule has 0 radical (unpaired) electrons. The Morgan fingerprint density at radius 1 is 0.271 bits per heavy atom. The zero-order chi connectivity index (χ0) is 50.7. The van der Waals surface area contributed by atoms with Gasteiger partial charge in [-0.2, -0.15) is 0 Å². The average molecular weight is 986 g/mol. The Bertz CT molecular complexity index is 1130. The minimum absolute atomic E-state index is 0.0729. The lowest BCUT2D eigenvalue weighted by Crippen LogP contribution is -2.30. The molecule has 1 unspecified atom stereocenters. The molecule has 0 aromatic carbocycles. The molecule has 0 aliphatic heterocycles. The molecule has 1 atom stereocenters. The van der Waals surface area contributed by atoms with Crippen molar-refractivity contribution in [3.05, 3.63) is 24.3 Å². The molecule has 412 valence electrons. The van der Waals surface area contributed by atoms with E-state index in [1.54, 1.807) is 0 Å². The van der Waals surface area contributed by atoms with Gasteiger partial charge in [-0.15, -0.1) is 0 Å². The Morgan fingerprint density at radius 3 is 0.757 bits per heavy atom. The fraction of sp³-hybridized carbons (Fsp3) is 0.891. The minimum atomic E-state index is -0.775. The highest BCUT2D eigenvalue weighted by molar-refractivity contribution is 5.71. The summed E-state index contributed by atoms with van der Waals surface area (Å²) in [5.74, 6) is -0.871. The molecule has 0 saturated carbocycles. The van der Waals surface area contributed by atoms with Crippen molar-refractivity contribution in [3.63, 3.8) is 0 Å². The van der Waals surface area contributed by atoms with Crippen molar-refractivity contribution in [2.24, 2.45) is 0 Å². The molecule has 0 heterocycles. The van der Waals surface area contributed by atoms with Gasteiger partial charge in [0.15, 0.2) is 6.10 Å². The highest BCUT2D eigenvalue weighted by Crippen LogP contribution is 2.18. The van der Waals surface area contributed by atoms with Crippen LogP contribution in [0.4, 0.5) is 0 Å². The fourth-order valence-electron chi connectivity index (χ4n) is 9.44. The third-order valence-corrected chi connectivity index (χ3v) is 14.2. The van der Waals surface area contributed by atoms with E-state index >= 15 is 0 Å². The van der Waals surface area contributed by atoms with E-state index in [9.17, 15) is 14.4 Å². The number of carbonyl (C=O) groups excluding carboxylic acids is 3. The number of carbonyl (C=O) groups is 3. The monoisotopic (exact) mass is 985 g/mol.